The van der Waals surface area contributed by atoms with Crippen molar-refractivity contribution in [3.05, 3.63) is 33.8 Å². The maximum Gasteiger partial charge on any atom is 0.410 e. The van der Waals surface area contributed by atoms with Gasteiger partial charge >= 0.3 is 6.09 Å². The van der Waals surface area contributed by atoms with Gasteiger partial charge in [-0.2, -0.15) is 0 Å². The molecule has 0 atom stereocenters. The highest BCUT2D eigenvalue weighted by molar-refractivity contribution is 6.42. The van der Waals surface area contributed by atoms with Crippen LogP contribution in [-0.4, -0.2) is 34.8 Å². The molecule has 1 aromatic rings. The molecule has 1 N–H and O–H groups in total. The van der Waals surface area contributed by atoms with Crippen molar-refractivity contribution in [2.75, 3.05) is 13.1 Å². The Hall–Kier alpha value is -0.970. The second-order valence-electron chi connectivity index (χ2n) is 6.60. The first-order valence-electron chi connectivity index (χ1n) is 7.27. The summed E-state index contributed by atoms with van der Waals surface area (Å²) in [6, 6.07) is 5.23. The quantitative estimate of drug-likeness (QED) is 0.829. The number of rotatable bonds is 1. The number of likely N-dealkylation sites (tertiary alicyclic amines) is 1. The molecule has 1 aromatic carbocycles. The minimum absolute atomic E-state index is 0.355. The molecule has 22 heavy (non-hydrogen) atoms. The van der Waals surface area contributed by atoms with Crippen LogP contribution < -0.4 is 0 Å². The van der Waals surface area contributed by atoms with Crippen molar-refractivity contribution in [1.82, 2.24) is 4.90 Å². The van der Waals surface area contributed by atoms with E-state index in [0.29, 0.717) is 41.5 Å². The summed E-state index contributed by atoms with van der Waals surface area (Å²) in [5.41, 5.74) is -0.979. The molecule has 1 aliphatic heterocycles. The maximum atomic E-state index is 12.1. The van der Waals surface area contributed by atoms with Crippen molar-refractivity contribution in [3.63, 3.8) is 0 Å². The predicted molar refractivity (Wildman–Crippen MR) is 87.4 cm³/mol. The number of amides is 1. The number of ether oxygens (including phenoxy) is 1. The van der Waals surface area contributed by atoms with E-state index >= 15 is 0 Å². The maximum absolute atomic E-state index is 12.1. The molecule has 1 amide bonds. The Morgan fingerprint density at radius 2 is 1.86 bits per heavy atom. The molecule has 0 radical (unpaired) electrons. The Morgan fingerprint density at radius 3 is 2.41 bits per heavy atom. The monoisotopic (exact) mass is 345 g/mol. The number of piperidine rings is 1. The van der Waals surface area contributed by atoms with E-state index in [1.807, 2.05) is 20.8 Å². The Balaban J connectivity index is 2.08. The van der Waals surface area contributed by atoms with Crippen LogP contribution >= 0.6 is 23.2 Å². The van der Waals surface area contributed by atoms with Crippen molar-refractivity contribution < 1.29 is 14.6 Å². The Kier molecular flexibility index (Phi) is 4.95. The summed E-state index contributed by atoms with van der Waals surface area (Å²) in [5.74, 6) is 0. The van der Waals surface area contributed by atoms with Gasteiger partial charge in [0.1, 0.15) is 5.60 Å². The van der Waals surface area contributed by atoms with Crippen LogP contribution in [0.25, 0.3) is 0 Å². The summed E-state index contributed by atoms with van der Waals surface area (Å²) in [4.78, 5) is 13.7. The lowest BCUT2D eigenvalue weighted by Crippen LogP contribution is -2.46. The summed E-state index contributed by atoms with van der Waals surface area (Å²) < 4.78 is 5.35. The van der Waals surface area contributed by atoms with Crippen LogP contribution in [0.4, 0.5) is 4.79 Å². The smallest absolute Gasteiger partial charge is 0.410 e. The molecule has 0 unspecified atom stereocenters. The average molecular weight is 346 g/mol. The zero-order chi connectivity index (χ0) is 16.5. The number of carbonyl (C=O) groups excluding carboxylic acids is 1. The number of benzene rings is 1. The number of carbonyl (C=O) groups is 1. The van der Waals surface area contributed by atoms with Crippen LogP contribution in [0.3, 0.4) is 0 Å². The van der Waals surface area contributed by atoms with Crippen molar-refractivity contribution >= 4 is 29.3 Å². The van der Waals surface area contributed by atoms with E-state index in [0.717, 1.165) is 0 Å². The molecule has 0 aromatic heterocycles. The number of hydrogen-bond donors (Lipinski definition) is 1. The number of hydrogen-bond acceptors (Lipinski definition) is 3. The zero-order valence-corrected chi connectivity index (χ0v) is 14.5. The molecule has 0 bridgehead atoms. The molecule has 1 aliphatic rings. The number of halogens is 2. The topological polar surface area (TPSA) is 49.8 Å². The fourth-order valence-electron chi connectivity index (χ4n) is 2.52. The molecule has 4 nitrogen and oxygen atoms in total. The first-order chi connectivity index (χ1) is 10.1. The lowest BCUT2D eigenvalue weighted by Gasteiger charge is -2.39. The van der Waals surface area contributed by atoms with E-state index < -0.39 is 11.2 Å². The number of nitrogens with zero attached hydrogens (tertiary/aromatic N) is 1. The third kappa shape index (κ3) is 3.86. The van der Waals surface area contributed by atoms with Crippen LogP contribution in [0.1, 0.15) is 39.2 Å². The van der Waals surface area contributed by atoms with E-state index in [1.165, 1.54) is 0 Å². The molecule has 122 valence electrons. The lowest BCUT2D eigenvalue weighted by molar-refractivity contribution is -0.0355. The van der Waals surface area contributed by atoms with Crippen LogP contribution in [0.2, 0.25) is 10.0 Å². The summed E-state index contributed by atoms with van der Waals surface area (Å²) in [6.07, 6.45) is 0.435. The summed E-state index contributed by atoms with van der Waals surface area (Å²) >= 11 is 12.2. The molecule has 0 spiro atoms. The van der Waals surface area contributed by atoms with E-state index in [2.05, 4.69) is 0 Å². The van der Waals surface area contributed by atoms with Gasteiger partial charge in [0, 0.05) is 18.7 Å². The average Bonchev–Trinajstić information content (AvgIpc) is 2.40. The van der Waals surface area contributed by atoms with Crippen LogP contribution in [-0.2, 0) is 10.3 Å². The van der Waals surface area contributed by atoms with Gasteiger partial charge in [0.15, 0.2) is 0 Å². The molecular weight excluding hydrogens is 325 g/mol. The molecule has 1 fully saturated rings. The molecular formula is C16H21Cl2NO3. The summed E-state index contributed by atoms with van der Waals surface area (Å²) in [5, 5.41) is 11.6. The second-order valence-corrected chi connectivity index (χ2v) is 7.39. The van der Waals surface area contributed by atoms with E-state index in [1.54, 1.807) is 23.1 Å². The molecule has 1 saturated heterocycles. The van der Waals surface area contributed by atoms with E-state index in [4.69, 9.17) is 27.9 Å². The molecule has 1 heterocycles. The Morgan fingerprint density at radius 1 is 1.27 bits per heavy atom. The van der Waals surface area contributed by atoms with Gasteiger partial charge in [-0.25, -0.2) is 4.79 Å². The molecule has 0 saturated carbocycles. The van der Waals surface area contributed by atoms with Crippen LogP contribution in [0.15, 0.2) is 18.2 Å². The predicted octanol–water partition coefficient (Wildman–Crippen LogP) is 4.21. The van der Waals surface area contributed by atoms with Gasteiger partial charge in [-0.15, -0.1) is 0 Å². The highest BCUT2D eigenvalue weighted by atomic mass is 35.5. The van der Waals surface area contributed by atoms with Crippen molar-refractivity contribution in [2.24, 2.45) is 0 Å². The summed E-state index contributed by atoms with van der Waals surface area (Å²) in [6.45, 7) is 6.31. The normalized spacial score (nSPS) is 18.2. The van der Waals surface area contributed by atoms with Gasteiger partial charge in [0.05, 0.1) is 15.6 Å². The SMILES string of the molecule is CC(C)(C)OC(=O)N1CCC(O)(c2cccc(Cl)c2Cl)CC1. The lowest BCUT2D eigenvalue weighted by atomic mass is 9.84. The fraction of sp³-hybridized carbons (Fsp3) is 0.562. The fourth-order valence-corrected chi connectivity index (χ4v) is 2.99. The van der Waals surface area contributed by atoms with Crippen LogP contribution in [0.5, 0.6) is 0 Å². The minimum atomic E-state index is -1.07. The van der Waals surface area contributed by atoms with Crippen molar-refractivity contribution in [3.8, 4) is 0 Å². The summed E-state index contributed by atoms with van der Waals surface area (Å²) in [7, 11) is 0. The van der Waals surface area contributed by atoms with Crippen LogP contribution in [0, 0.1) is 0 Å². The number of aliphatic hydroxyl groups is 1. The molecule has 2 rings (SSSR count). The molecule has 0 aliphatic carbocycles. The van der Waals surface area contributed by atoms with E-state index in [9.17, 15) is 9.90 Å². The first kappa shape index (κ1) is 17.4. The minimum Gasteiger partial charge on any atom is -0.444 e. The highest BCUT2D eigenvalue weighted by Crippen LogP contribution is 2.39. The van der Waals surface area contributed by atoms with Crippen molar-refractivity contribution in [2.45, 2.75) is 44.8 Å². The van der Waals surface area contributed by atoms with Gasteiger partial charge in [0.2, 0.25) is 0 Å². The highest BCUT2D eigenvalue weighted by Gasteiger charge is 2.38. The second kappa shape index (κ2) is 6.26. The van der Waals surface area contributed by atoms with Gasteiger partial charge in [-0.1, -0.05) is 35.3 Å². The van der Waals surface area contributed by atoms with Gasteiger partial charge in [0.25, 0.3) is 0 Å². The van der Waals surface area contributed by atoms with Gasteiger partial charge < -0.3 is 14.7 Å². The standard InChI is InChI=1S/C16H21Cl2NO3/c1-15(2,3)22-14(20)19-9-7-16(21,8-10-19)11-5-4-6-12(17)13(11)18/h4-6,21H,7-10H2,1-3H3. The first-order valence-corrected chi connectivity index (χ1v) is 8.03. The zero-order valence-electron chi connectivity index (χ0n) is 13.0. The third-order valence-corrected chi connectivity index (χ3v) is 4.51. The largest absolute Gasteiger partial charge is 0.444 e. The van der Waals surface area contributed by atoms with E-state index in [-0.39, 0.29) is 6.09 Å². The Bertz CT molecular complexity index is 561. The van der Waals surface area contributed by atoms with Gasteiger partial charge in [-0.3, -0.25) is 0 Å². The molecule has 6 heteroatoms. The van der Waals surface area contributed by atoms with Gasteiger partial charge in [-0.05, 0) is 39.7 Å². The van der Waals surface area contributed by atoms with Crippen molar-refractivity contribution in [1.29, 1.82) is 0 Å². The third-order valence-electron chi connectivity index (χ3n) is 3.70. The Labute approximate surface area is 141 Å².